The van der Waals surface area contributed by atoms with Crippen molar-refractivity contribution in [2.24, 2.45) is 0 Å². The number of hydrogen-bond donors (Lipinski definition) is 1. The number of thiazole rings is 1. The van der Waals surface area contributed by atoms with Crippen LogP contribution in [0.1, 0.15) is 29.2 Å². The first-order valence-electron chi connectivity index (χ1n) is 6.58. The maximum atomic E-state index is 13.9. The quantitative estimate of drug-likeness (QED) is 0.885. The van der Waals surface area contributed by atoms with Crippen LogP contribution in [0.5, 0.6) is 5.75 Å². The van der Waals surface area contributed by atoms with Gasteiger partial charge in [0.25, 0.3) is 0 Å². The summed E-state index contributed by atoms with van der Waals surface area (Å²) < 4.78 is 18.9. The highest BCUT2D eigenvalue weighted by atomic mass is 32.1. The monoisotopic (exact) mass is 294 g/mol. The van der Waals surface area contributed by atoms with Crippen molar-refractivity contribution >= 4 is 11.3 Å². The van der Waals surface area contributed by atoms with Crippen LogP contribution in [0.3, 0.4) is 0 Å². The molecule has 0 aliphatic carbocycles. The number of rotatable bonds is 6. The highest BCUT2D eigenvalue weighted by Gasteiger charge is 2.11. The number of nitrogens with zero attached hydrogens (tertiary/aromatic N) is 1. The van der Waals surface area contributed by atoms with E-state index in [1.54, 1.807) is 23.5 Å². The number of nitrogens with one attached hydrogen (secondary N) is 1. The van der Waals surface area contributed by atoms with Gasteiger partial charge in [-0.15, -0.1) is 11.3 Å². The van der Waals surface area contributed by atoms with E-state index in [4.69, 9.17) is 4.74 Å². The van der Waals surface area contributed by atoms with Crippen LogP contribution in [0.2, 0.25) is 0 Å². The molecule has 2 rings (SSSR count). The van der Waals surface area contributed by atoms with E-state index in [0.717, 1.165) is 23.7 Å². The van der Waals surface area contributed by atoms with Crippen molar-refractivity contribution in [1.82, 2.24) is 10.3 Å². The SMILES string of the molecule is COc1ccc(C(C)NCCc2nc(C)cs2)c(F)c1. The number of aryl methyl sites for hydroxylation is 1. The van der Waals surface area contributed by atoms with Gasteiger partial charge in [-0.25, -0.2) is 9.37 Å². The van der Waals surface area contributed by atoms with Crippen LogP contribution in [0.15, 0.2) is 23.6 Å². The Bertz CT molecular complexity index is 571. The second-order valence-electron chi connectivity index (χ2n) is 4.70. The Morgan fingerprint density at radius 3 is 2.85 bits per heavy atom. The predicted molar refractivity (Wildman–Crippen MR) is 79.9 cm³/mol. The summed E-state index contributed by atoms with van der Waals surface area (Å²) in [6.07, 6.45) is 0.862. The van der Waals surface area contributed by atoms with Crippen LogP contribution in [-0.2, 0) is 6.42 Å². The number of aromatic nitrogens is 1. The normalized spacial score (nSPS) is 12.4. The van der Waals surface area contributed by atoms with Crippen molar-refractivity contribution in [1.29, 1.82) is 0 Å². The number of hydrogen-bond acceptors (Lipinski definition) is 4. The topological polar surface area (TPSA) is 34.1 Å². The molecule has 0 amide bonds. The van der Waals surface area contributed by atoms with E-state index in [1.807, 2.05) is 19.2 Å². The molecule has 3 nitrogen and oxygen atoms in total. The highest BCUT2D eigenvalue weighted by molar-refractivity contribution is 7.09. The van der Waals surface area contributed by atoms with Gasteiger partial charge in [-0.2, -0.15) is 0 Å². The largest absolute Gasteiger partial charge is 0.497 e. The fraction of sp³-hybridized carbons (Fsp3) is 0.400. The summed E-state index contributed by atoms with van der Waals surface area (Å²) in [5.41, 5.74) is 1.71. The molecule has 1 aromatic heterocycles. The molecule has 0 bridgehead atoms. The molecule has 0 fully saturated rings. The van der Waals surface area contributed by atoms with Gasteiger partial charge in [0, 0.05) is 41.7 Å². The van der Waals surface area contributed by atoms with Crippen molar-refractivity contribution in [3.63, 3.8) is 0 Å². The average Bonchev–Trinajstić information content (AvgIpc) is 2.84. The summed E-state index contributed by atoms with van der Waals surface area (Å²) >= 11 is 1.66. The first-order chi connectivity index (χ1) is 9.60. The fourth-order valence-electron chi connectivity index (χ4n) is 2.01. The van der Waals surface area contributed by atoms with Gasteiger partial charge in [-0.05, 0) is 19.9 Å². The average molecular weight is 294 g/mol. The first-order valence-corrected chi connectivity index (χ1v) is 7.46. The molecule has 0 spiro atoms. The van der Waals surface area contributed by atoms with Crippen LogP contribution in [0.25, 0.3) is 0 Å². The molecule has 0 saturated heterocycles. The minimum absolute atomic E-state index is 0.0398. The van der Waals surface area contributed by atoms with Crippen LogP contribution >= 0.6 is 11.3 Å². The van der Waals surface area contributed by atoms with Gasteiger partial charge in [0.15, 0.2) is 0 Å². The molecule has 0 aliphatic heterocycles. The minimum atomic E-state index is -0.241. The molecule has 1 heterocycles. The summed E-state index contributed by atoms with van der Waals surface area (Å²) in [6.45, 7) is 4.72. The number of benzene rings is 1. The van der Waals surface area contributed by atoms with E-state index < -0.39 is 0 Å². The van der Waals surface area contributed by atoms with Gasteiger partial charge in [-0.3, -0.25) is 0 Å². The zero-order chi connectivity index (χ0) is 14.5. The summed E-state index contributed by atoms with van der Waals surface area (Å²) in [5, 5.41) is 6.47. The van der Waals surface area contributed by atoms with E-state index in [1.165, 1.54) is 13.2 Å². The molecule has 1 atom stereocenters. The zero-order valence-corrected chi connectivity index (χ0v) is 12.8. The molecule has 0 radical (unpaired) electrons. The van der Waals surface area contributed by atoms with E-state index in [9.17, 15) is 4.39 Å². The smallest absolute Gasteiger partial charge is 0.131 e. The summed E-state index contributed by atoms with van der Waals surface area (Å²) in [7, 11) is 1.53. The number of ether oxygens (including phenoxy) is 1. The summed E-state index contributed by atoms with van der Waals surface area (Å²) in [5.74, 6) is 0.297. The van der Waals surface area contributed by atoms with Gasteiger partial charge in [0.2, 0.25) is 0 Å². The minimum Gasteiger partial charge on any atom is -0.497 e. The van der Waals surface area contributed by atoms with Crippen molar-refractivity contribution in [2.75, 3.05) is 13.7 Å². The Balaban J connectivity index is 1.89. The fourth-order valence-corrected chi connectivity index (χ4v) is 2.78. The molecule has 108 valence electrons. The van der Waals surface area contributed by atoms with Crippen LogP contribution in [0, 0.1) is 12.7 Å². The van der Waals surface area contributed by atoms with E-state index in [-0.39, 0.29) is 11.9 Å². The standard InChI is InChI=1S/C15H19FN2OS/c1-10-9-20-15(18-10)6-7-17-11(2)13-5-4-12(19-3)8-14(13)16/h4-5,8-9,11,17H,6-7H2,1-3H3. The lowest BCUT2D eigenvalue weighted by Crippen LogP contribution is -2.22. The van der Waals surface area contributed by atoms with Crippen LogP contribution in [-0.4, -0.2) is 18.6 Å². The van der Waals surface area contributed by atoms with Gasteiger partial charge in [-0.1, -0.05) is 6.07 Å². The Labute approximate surface area is 122 Å². The second kappa shape index (κ2) is 6.81. The molecule has 1 N–H and O–H groups in total. The Hall–Kier alpha value is -1.46. The third-order valence-electron chi connectivity index (χ3n) is 3.13. The van der Waals surface area contributed by atoms with Crippen molar-refractivity contribution in [3.05, 3.63) is 45.7 Å². The first kappa shape index (κ1) is 14.9. The van der Waals surface area contributed by atoms with Crippen molar-refractivity contribution < 1.29 is 9.13 Å². The van der Waals surface area contributed by atoms with Gasteiger partial charge in [0.1, 0.15) is 11.6 Å². The maximum absolute atomic E-state index is 13.9. The Kier molecular flexibility index (Phi) is 5.09. The molecular formula is C15H19FN2OS. The van der Waals surface area contributed by atoms with Crippen molar-refractivity contribution in [3.8, 4) is 5.75 Å². The summed E-state index contributed by atoms with van der Waals surface area (Å²) in [6, 6.07) is 4.92. The molecule has 1 aromatic carbocycles. The third-order valence-corrected chi connectivity index (χ3v) is 4.16. The molecular weight excluding hydrogens is 275 g/mol. The van der Waals surface area contributed by atoms with Gasteiger partial charge >= 0.3 is 0 Å². The van der Waals surface area contributed by atoms with E-state index in [2.05, 4.69) is 10.3 Å². The maximum Gasteiger partial charge on any atom is 0.131 e. The zero-order valence-electron chi connectivity index (χ0n) is 11.9. The van der Waals surface area contributed by atoms with Crippen LogP contribution in [0.4, 0.5) is 4.39 Å². The molecule has 0 aliphatic rings. The highest BCUT2D eigenvalue weighted by Crippen LogP contribution is 2.21. The molecule has 1 unspecified atom stereocenters. The van der Waals surface area contributed by atoms with E-state index in [0.29, 0.717) is 11.3 Å². The Morgan fingerprint density at radius 1 is 1.45 bits per heavy atom. The van der Waals surface area contributed by atoms with Crippen molar-refractivity contribution in [2.45, 2.75) is 26.3 Å². The number of methoxy groups -OCH3 is 1. The number of halogens is 1. The second-order valence-corrected chi connectivity index (χ2v) is 5.64. The lowest BCUT2D eigenvalue weighted by atomic mass is 10.1. The molecule has 5 heteroatoms. The Morgan fingerprint density at radius 2 is 2.25 bits per heavy atom. The van der Waals surface area contributed by atoms with Crippen LogP contribution < -0.4 is 10.1 Å². The van der Waals surface area contributed by atoms with Gasteiger partial charge < -0.3 is 10.1 Å². The summed E-state index contributed by atoms with van der Waals surface area (Å²) in [4.78, 5) is 4.41. The third kappa shape index (κ3) is 3.77. The molecule has 0 saturated carbocycles. The predicted octanol–water partition coefficient (Wildman–Crippen LogP) is 3.49. The molecule has 2 aromatic rings. The van der Waals surface area contributed by atoms with Gasteiger partial charge in [0.05, 0.1) is 12.1 Å². The lowest BCUT2D eigenvalue weighted by Gasteiger charge is -2.15. The molecule has 20 heavy (non-hydrogen) atoms. The lowest BCUT2D eigenvalue weighted by molar-refractivity contribution is 0.409. The van der Waals surface area contributed by atoms with E-state index >= 15 is 0 Å².